The Kier molecular flexibility index (Phi) is 4.41. The molecule has 2 nitrogen and oxygen atoms in total. The van der Waals surface area contributed by atoms with Crippen molar-refractivity contribution >= 4 is 0 Å². The molecule has 0 bridgehead atoms. The molecule has 1 fully saturated rings. The molecule has 1 aromatic rings. The van der Waals surface area contributed by atoms with Gasteiger partial charge in [0.2, 0.25) is 0 Å². The number of nitrogens with two attached hydrogens (primary N) is 1. The summed E-state index contributed by atoms with van der Waals surface area (Å²) in [7, 11) is 0. The fourth-order valence-corrected chi connectivity index (χ4v) is 3.08. The van der Waals surface area contributed by atoms with Crippen molar-refractivity contribution in [3.63, 3.8) is 0 Å². The largest absolute Gasteiger partial charge is 0.329 e. The van der Waals surface area contributed by atoms with E-state index in [-0.39, 0.29) is 0 Å². The number of hydrogen-bond acceptors (Lipinski definition) is 2. The predicted molar refractivity (Wildman–Crippen MR) is 77.5 cm³/mol. The van der Waals surface area contributed by atoms with Gasteiger partial charge in [0, 0.05) is 19.1 Å². The molecule has 0 amide bonds. The third kappa shape index (κ3) is 2.76. The summed E-state index contributed by atoms with van der Waals surface area (Å²) in [6, 6.07) is 9.05. The van der Waals surface area contributed by atoms with Crippen LogP contribution in [0.3, 0.4) is 0 Å². The lowest BCUT2D eigenvalue weighted by molar-refractivity contribution is 0.231. The molecule has 0 spiro atoms. The van der Waals surface area contributed by atoms with Crippen LogP contribution < -0.4 is 5.73 Å². The van der Waals surface area contributed by atoms with E-state index in [1.807, 2.05) is 0 Å². The maximum Gasteiger partial charge on any atom is 0.0473 e. The van der Waals surface area contributed by atoms with Crippen LogP contribution in [0.15, 0.2) is 24.3 Å². The zero-order valence-corrected chi connectivity index (χ0v) is 11.9. The summed E-state index contributed by atoms with van der Waals surface area (Å²) in [5, 5.41) is 0. The summed E-state index contributed by atoms with van der Waals surface area (Å²) in [6.07, 6.45) is 1.32. The zero-order valence-electron chi connectivity index (χ0n) is 11.9. The minimum Gasteiger partial charge on any atom is -0.329 e. The van der Waals surface area contributed by atoms with Gasteiger partial charge in [-0.15, -0.1) is 0 Å². The molecule has 1 heterocycles. The summed E-state index contributed by atoms with van der Waals surface area (Å²) in [4.78, 5) is 2.58. The Labute approximate surface area is 111 Å². The van der Waals surface area contributed by atoms with Crippen LogP contribution in [0.4, 0.5) is 0 Å². The highest BCUT2D eigenvalue weighted by Gasteiger charge is 2.30. The second kappa shape index (κ2) is 5.85. The molecule has 2 N–H and O–H groups in total. The molecule has 1 aliphatic rings. The van der Waals surface area contributed by atoms with Gasteiger partial charge in [-0.1, -0.05) is 38.1 Å². The van der Waals surface area contributed by atoms with Crippen LogP contribution in [0, 0.1) is 18.8 Å². The van der Waals surface area contributed by atoms with E-state index in [0.29, 0.717) is 6.04 Å². The van der Waals surface area contributed by atoms with Crippen molar-refractivity contribution in [3.8, 4) is 0 Å². The molecule has 18 heavy (non-hydrogen) atoms. The second-order valence-corrected chi connectivity index (χ2v) is 5.90. The first kappa shape index (κ1) is 13.6. The maximum atomic E-state index is 6.03. The third-order valence-corrected chi connectivity index (χ3v) is 4.41. The Morgan fingerprint density at radius 3 is 2.61 bits per heavy atom. The number of hydrogen-bond donors (Lipinski definition) is 1. The lowest BCUT2D eigenvalue weighted by Crippen LogP contribution is -2.33. The topological polar surface area (TPSA) is 29.3 Å². The molecule has 2 unspecified atom stereocenters. The van der Waals surface area contributed by atoms with Gasteiger partial charge in [0.15, 0.2) is 0 Å². The smallest absolute Gasteiger partial charge is 0.0473 e. The first-order chi connectivity index (χ1) is 8.63. The lowest BCUT2D eigenvalue weighted by Gasteiger charge is -2.28. The van der Waals surface area contributed by atoms with Crippen molar-refractivity contribution in [1.29, 1.82) is 0 Å². The van der Waals surface area contributed by atoms with Crippen LogP contribution in [0.5, 0.6) is 0 Å². The van der Waals surface area contributed by atoms with Crippen LogP contribution in [0.1, 0.15) is 37.4 Å². The summed E-state index contributed by atoms with van der Waals surface area (Å²) >= 11 is 0. The number of aryl methyl sites for hydroxylation is 1. The van der Waals surface area contributed by atoms with E-state index in [0.717, 1.165) is 18.4 Å². The second-order valence-electron chi connectivity index (χ2n) is 5.90. The van der Waals surface area contributed by atoms with E-state index >= 15 is 0 Å². The summed E-state index contributed by atoms with van der Waals surface area (Å²) in [5.74, 6) is 1.62. The van der Waals surface area contributed by atoms with Crippen molar-refractivity contribution in [2.24, 2.45) is 17.6 Å². The first-order valence-electron chi connectivity index (χ1n) is 7.13. The minimum atomic E-state index is 0.398. The van der Waals surface area contributed by atoms with Gasteiger partial charge in [-0.05, 0) is 42.9 Å². The molecule has 0 aromatic heterocycles. The highest BCUT2D eigenvalue weighted by Crippen LogP contribution is 2.31. The molecule has 2 rings (SSSR count). The number of rotatable bonds is 4. The van der Waals surface area contributed by atoms with Crippen LogP contribution >= 0.6 is 0 Å². The quantitative estimate of drug-likeness (QED) is 0.885. The third-order valence-electron chi connectivity index (χ3n) is 4.41. The Balaban J connectivity index is 2.13. The standard InChI is InChI=1S/C16H26N2/c1-12(2)14-8-9-18(11-14)16(10-17)15-7-5-4-6-13(15)3/h4-7,12,14,16H,8-11,17H2,1-3H3. The molecule has 1 aromatic carbocycles. The molecule has 1 saturated heterocycles. The van der Waals surface area contributed by atoms with Crippen molar-refractivity contribution in [1.82, 2.24) is 4.90 Å². The van der Waals surface area contributed by atoms with Crippen LogP contribution in [0.25, 0.3) is 0 Å². The normalized spacial score (nSPS) is 22.6. The molecular weight excluding hydrogens is 220 g/mol. The molecule has 0 radical (unpaired) electrons. The minimum absolute atomic E-state index is 0.398. The van der Waals surface area contributed by atoms with Crippen molar-refractivity contribution in [3.05, 3.63) is 35.4 Å². The number of benzene rings is 1. The van der Waals surface area contributed by atoms with E-state index in [9.17, 15) is 0 Å². The van der Waals surface area contributed by atoms with Gasteiger partial charge < -0.3 is 5.73 Å². The Hall–Kier alpha value is -0.860. The van der Waals surface area contributed by atoms with E-state index < -0.39 is 0 Å². The van der Waals surface area contributed by atoms with E-state index in [2.05, 4.69) is 49.9 Å². The Morgan fingerprint density at radius 2 is 2.06 bits per heavy atom. The fraction of sp³-hybridized carbons (Fsp3) is 0.625. The molecule has 0 saturated carbocycles. The monoisotopic (exact) mass is 246 g/mol. The van der Waals surface area contributed by atoms with Gasteiger partial charge in [0.1, 0.15) is 0 Å². The van der Waals surface area contributed by atoms with Gasteiger partial charge in [-0.25, -0.2) is 0 Å². The molecule has 2 atom stereocenters. The maximum absolute atomic E-state index is 6.03. The molecule has 0 aliphatic carbocycles. The van der Waals surface area contributed by atoms with Gasteiger partial charge in [0.05, 0.1) is 0 Å². The van der Waals surface area contributed by atoms with Crippen LogP contribution in [0.2, 0.25) is 0 Å². The van der Waals surface area contributed by atoms with E-state index in [1.165, 1.54) is 30.6 Å². The molecule has 1 aliphatic heterocycles. The van der Waals surface area contributed by atoms with Gasteiger partial charge >= 0.3 is 0 Å². The van der Waals surface area contributed by atoms with Crippen LogP contribution in [-0.4, -0.2) is 24.5 Å². The average Bonchev–Trinajstić information content (AvgIpc) is 2.82. The van der Waals surface area contributed by atoms with Gasteiger partial charge in [-0.3, -0.25) is 4.90 Å². The van der Waals surface area contributed by atoms with Crippen molar-refractivity contribution in [2.75, 3.05) is 19.6 Å². The Morgan fingerprint density at radius 1 is 1.33 bits per heavy atom. The number of nitrogens with zero attached hydrogens (tertiary/aromatic N) is 1. The number of likely N-dealkylation sites (tertiary alicyclic amines) is 1. The highest BCUT2D eigenvalue weighted by molar-refractivity contribution is 5.29. The van der Waals surface area contributed by atoms with Crippen molar-refractivity contribution in [2.45, 2.75) is 33.2 Å². The predicted octanol–water partition coefficient (Wildman–Crippen LogP) is 2.97. The van der Waals surface area contributed by atoms with E-state index in [4.69, 9.17) is 5.73 Å². The molecule has 100 valence electrons. The molecular formula is C16H26N2. The molecule has 2 heteroatoms. The van der Waals surface area contributed by atoms with Crippen LogP contribution in [-0.2, 0) is 0 Å². The summed E-state index contributed by atoms with van der Waals surface area (Å²) < 4.78 is 0. The summed E-state index contributed by atoms with van der Waals surface area (Å²) in [6.45, 7) is 9.97. The van der Waals surface area contributed by atoms with E-state index in [1.54, 1.807) is 0 Å². The summed E-state index contributed by atoms with van der Waals surface area (Å²) in [5.41, 5.74) is 8.80. The highest BCUT2D eigenvalue weighted by atomic mass is 15.2. The fourth-order valence-electron chi connectivity index (χ4n) is 3.08. The average molecular weight is 246 g/mol. The van der Waals surface area contributed by atoms with Gasteiger partial charge in [-0.2, -0.15) is 0 Å². The SMILES string of the molecule is Cc1ccccc1C(CN)N1CCC(C(C)C)C1. The van der Waals surface area contributed by atoms with Crippen molar-refractivity contribution < 1.29 is 0 Å². The Bertz CT molecular complexity index is 386. The first-order valence-corrected chi connectivity index (χ1v) is 7.13. The van der Waals surface area contributed by atoms with Gasteiger partial charge in [0.25, 0.3) is 0 Å². The zero-order chi connectivity index (χ0) is 13.1. The lowest BCUT2D eigenvalue weighted by atomic mass is 9.95.